The molecule has 5 nitrogen and oxygen atoms in total. The van der Waals surface area contributed by atoms with Crippen molar-refractivity contribution >= 4 is 27.6 Å². The van der Waals surface area contributed by atoms with Gasteiger partial charge in [0.25, 0.3) is 0 Å². The van der Waals surface area contributed by atoms with Crippen LogP contribution in [0, 0.1) is 0 Å². The molecule has 0 heterocycles. The highest BCUT2D eigenvalue weighted by Gasteiger charge is 2.21. The molecule has 0 saturated carbocycles. The number of carbonyl (C=O) groups is 1. The van der Waals surface area contributed by atoms with Gasteiger partial charge in [-0.3, -0.25) is 4.79 Å². The van der Waals surface area contributed by atoms with Crippen LogP contribution in [0.1, 0.15) is 11.5 Å². The van der Waals surface area contributed by atoms with Crippen LogP contribution in [0.5, 0.6) is 0 Å². The minimum atomic E-state index is -3.39. The molecule has 1 aromatic rings. The first-order valence-electron chi connectivity index (χ1n) is 5.12. The summed E-state index contributed by atoms with van der Waals surface area (Å²) >= 11 is 1.30. The maximum absolute atomic E-state index is 11.7. The van der Waals surface area contributed by atoms with E-state index in [2.05, 4.69) is 0 Å². The Labute approximate surface area is 110 Å². The maximum atomic E-state index is 11.7. The first kappa shape index (κ1) is 15.0. The van der Waals surface area contributed by atoms with Gasteiger partial charge < -0.3 is 10.8 Å². The van der Waals surface area contributed by atoms with E-state index in [9.17, 15) is 13.2 Å². The summed E-state index contributed by atoms with van der Waals surface area (Å²) in [5.41, 5.74) is 5.81. The molecule has 0 radical (unpaired) electrons. The number of hydrogen-bond donors (Lipinski definition) is 2. The second-order valence-electron chi connectivity index (χ2n) is 3.81. The molecule has 0 fully saturated rings. The fourth-order valence-corrected chi connectivity index (χ4v) is 3.53. The van der Waals surface area contributed by atoms with Gasteiger partial charge in [-0.05, 0) is 24.0 Å². The highest BCUT2D eigenvalue weighted by molar-refractivity contribution is 7.99. The van der Waals surface area contributed by atoms with Crippen molar-refractivity contribution in [2.75, 3.05) is 19.1 Å². The molecule has 7 heteroatoms. The molecule has 1 aromatic carbocycles. The van der Waals surface area contributed by atoms with Crippen LogP contribution < -0.4 is 5.73 Å². The predicted molar refractivity (Wildman–Crippen MR) is 70.8 cm³/mol. The van der Waals surface area contributed by atoms with Crippen molar-refractivity contribution < 1.29 is 18.3 Å². The third-order valence-corrected chi connectivity index (χ3v) is 4.59. The van der Waals surface area contributed by atoms with Crippen LogP contribution in [0.25, 0.3) is 0 Å². The highest BCUT2D eigenvalue weighted by Crippen LogP contribution is 2.28. The fraction of sp³-hybridized carbons (Fsp3) is 0.364. The standard InChI is InChI=1S/C11H15NO4S2/c1-17-9-4-3-7(8(6-12)11(13)14)5-10(9)18(2,15)16/h3-5,8H,6,12H2,1-2H3,(H,13,14). The Hall–Kier alpha value is -1.05. The van der Waals surface area contributed by atoms with E-state index in [0.29, 0.717) is 10.5 Å². The average Bonchev–Trinajstić information content (AvgIpc) is 2.28. The van der Waals surface area contributed by atoms with Crippen LogP contribution in [-0.4, -0.2) is 38.5 Å². The van der Waals surface area contributed by atoms with Gasteiger partial charge in [0.15, 0.2) is 9.84 Å². The van der Waals surface area contributed by atoms with Gasteiger partial charge in [0.2, 0.25) is 0 Å². The van der Waals surface area contributed by atoms with Gasteiger partial charge in [-0.15, -0.1) is 11.8 Å². The Morgan fingerprint density at radius 3 is 2.50 bits per heavy atom. The summed E-state index contributed by atoms with van der Waals surface area (Å²) in [7, 11) is -3.39. The number of thioether (sulfide) groups is 1. The van der Waals surface area contributed by atoms with Crippen molar-refractivity contribution in [2.45, 2.75) is 15.7 Å². The summed E-state index contributed by atoms with van der Waals surface area (Å²) in [5, 5.41) is 9.01. The van der Waals surface area contributed by atoms with E-state index in [1.54, 1.807) is 18.4 Å². The third-order valence-electron chi connectivity index (χ3n) is 2.52. The second-order valence-corrected chi connectivity index (χ2v) is 6.64. The molecule has 0 bridgehead atoms. The molecule has 1 atom stereocenters. The van der Waals surface area contributed by atoms with Gasteiger partial charge in [0.05, 0.1) is 10.8 Å². The minimum Gasteiger partial charge on any atom is -0.481 e. The Morgan fingerprint density at radius 1 is 1.50 bits per heavy atom. The first-order valence-corrected chi connectivity index (χ1v) is 8.23. The largest absolute Gasteiger partial charge is 0.481 e. The summed E-state index contributed by atoms with van der Waals surface area (Å²) < 4.78 is 23.3. The first-order chi connectivity index (χ1) is 8.31. The zero-order valence-electron chi connectivity index (χ0n) is 10.1. The average molecular weight is 289 g/mol. The molecule has 0 amide bonds. The van der Waals surface area contributed by atoms with E-state index in [-0.39, 0.29) is 11.4 Å². The summed E-state index contributed by atoms with van der Waals surface area (Å²) in [6.07, 6.45) is 2.87. The van der Waals surface area contributed by atoms with Crippen molar-refractivity contribution in [3.05, 3.63) is 23.8 Å². The molecule has 0 aliphatic carbocycles. The number of aliphatic carboxylic acids is 1. The molecule has 0 aliphatic rings. The minimum absolute atomic E-state index is 0.0723. The number of carboxylic acid groups (broad SMARTS) is 1. The van der Waals surface area contributed by atoms with E-state index >= 15 is 0 Å². The molecule has 1 unspecified atom stereocenters. The molecule has 100 valence electrons. The Bertz CT molecular complexity index is 554. The zero-order chi connectivity index (χ0) is 13.9. The van der Waals surface area contributed by atoms with E-state index in [4.69, 9.17) is 10.8 Å². The van der Waals surface area contributed by atoms with Gasteiger partial charge in [-0.25, -0.2) is 8.42 Å². The SMILES string of the molecule is CSc1ccc(C(CN)C(=O)O)cc1S(C)(=O)=O. The summed E-state index contributed by atoms with van der Waals surface area (Å²) in [6, 6.07) is 4.61. The normalized spacial score (nSPS) is 13.3. The van der Waals surface area contributed by atoms with Gasteiger partial charge in [0, 0.05) is 17.7 Å². The molecule has 0 aromatic heterocycles. The zero-order valence-corrected chi connectivity index (χ0v) is 11.7. The molecule has 0 spiro atoms. The van der Waals surface area contributed by atoms with Gasteiger partial charge in [0.1, 0.15) is 0 Å². The van der Waals surface area contributed by atoms with Crippen molar-refractivity contribution in [1.82, 2.24) is 0 Å². The number of sulfone groups is 1. The molecular formula is C11H15NO4S2. The number of rotatable bonds is 5. The quantitative estimate of drug-likeness (QED) is 0.783. The molecular weight excluding hydrogens is 274 g/mol. The van der Waals surface area contributed by atoms with Crippen molar-refractivity contribution in [3.63, 3.8) is 0 Å². The maximum Gasteiger partial charge on any atom is 0.312 e. The van der Waals surface area contributed by atoms with Crippen LogP contribution in [0.3, 0.4) is 0 Å². The lowest BCUT2D eigenvalue weighted by Gasteiger charge is -2.13. The molecule has 1 rings (SSSR count). The molecule has 0 aliphatic heterocycles. The topological polar surface area (TPSA) is 97.5 Å². The number of carboxylic acids is 1. The molecule has 0 saturated heterocycles. The smallest absolute Gasteiger partial charge is 0.312 e. The van der Waals surface area contributed by atoms with Crippen LogP contribution in [0.4, 0.5) is 0 Å². The lowest BCUT2D eigenvalue weighted by molar-refractivity contribution is -0.138. The van der Waals surface area contributed by atoms with Crippen molar-refractivity contribution in [2.24, 2.45) is 5.73 Å². The number of benzene rings is 1. The number of hydrogen-bond acceptors (Lipinski definition) is 5. The van der Waals surface area contributed by atoms with Gasteiger partial charge >= 0.3 is 5.97 Å². The van der Waals surface area contributed by atoms with Crippen LogP contribution in [-0.2, 0) is 14.6 Å². The Kier molecular flexibility index (Phi) is 4.78. The van der Waals surface area contributed by atoms with Crippen LogP contribution in [0.15, 0.2) is 28.0 Å². The molecule has 18 heavy (non-hydrogen) atoms. The highest BCUT2D eigenvalue weighted by atomic mass is 32.2. The second kappa shape index (κ2) is 5.73. The Morgan fingerprint density at radius 2 is 2.11 bits per heavy atom. The summed E-state index contributed by atoms with van der Waals surface area (Å²) in [5.74, 6) is -1.95. The third kappa shape index (κ3) is 3.24. The monoisotopic (exact) mass is 289 g/mol. The fourth-order valence-electron chi connectivity index (χ4n) is 1.58. The van der Waals surface area contributed by atoms with Crippen LogP contribution in [0.2, 0.25) is 0 Å². The van der Waals surface area contributed by atoms with Crippen molar-refractivity contribution in [3.8, 4) is 0 Å². The Balaban J connectivity index is 3.39. The number of nitrogens with two attached hydrogens (primary N) is 1. The van der Waals surface area contributed by atoms with Crippen LogP contribution >= 0.6 is 11.8 Å². The van der Waals surface area contributed by atoms with E-state index in [1.165, 1.54) is 17.8 Å². The van der Waals surface area contributed by atoms with Gasteiger partial charge in [-0.2, -0.15) is 0 Å². The van der Waals surface area contributed by atoms with E-state index < -0.39 is 21.7 Å². The predicted octanol–water partition coefficient (Wildman–Crippen LogP) is 0.939. The van der Waals surface area contributed by atoms with E-state index in [1.807, 2.05) is 0 Å². The van der Waals surface area contributed by atoms with Gasteiger partial charge in [-0.1, -0.05) is 6.07 Å². The lowest BCUT2D eigenvalue weighted by Crippen LogP contribution is -2.21. The van der Waals surface area contributed by atoms with E-state index in [0.717, 1.165) is 6.26 Å². The molecule has 3 N–H and O–H groups in total. The summed E-state index contributed by atoms with van der Waals surface area (Å²) in [4.78, 5) is 11.8. The van der Waals surface area contributed by atoms with Crippen molar-refractivity contribution in [1.29, 1.82) is 0 Å². The lowest BCUT2D eigenvalue weighted by atomic mass is 10.00. The summed E-state index contributed by atoms with van der Waals surface area (Å²) in [6.45, 7) is -0.0723.